The second kappa shape index (κ2) is 11.6. The van der Waals surface area contributed by atoms with Crippen molar-refractivity contribution >= 4 is 45.2 Å². The Labute approximate surface area is 213 Å². The average Bonchev–Trinajstić information content (AvgIpc) is 3.45. The van der Waals surface area contributed by atoms with Gasteiger partial charge in [-0.15, -0.1) is 21.5 Å². The van der Waals surface area contributed by atoms with Crippen LogP contribution in [0.1, 0.15) is 42.7 Å². The molecule has 0 aromatic carbocycles. The Morgan fingerprint density at radius 1 is 1.31 bits per heavy atom. The number of thiophene rings is 1. The molecule has 4 heterocycles. The normalized spacial score (nSPS) is 13.8. The number of hydrogen-bond acceptors (Lipinski definition) is 10. The van der Waals surface area contributed by atoms with E-state index < -0.39 is 12.0 Å². The number of carbonyl (C=O) groups excluding carboxylic acids is 1. The molecule has 1 amide bonds. The molecule has 0 bridgehead atoms. The highest BCUT2D eigenvalue weighted by atomic mass is 32.2. The zero-order valence-corrected chi connectivity index (χ0v) is 21.3. The maximum Gasteiger partial charge on any atom is 0.451 e. The van der Waals surface area contributed by atoms with Gasteiger partial charge in [0.2, 0.25) is 11.7 Å². The van der Waals surface area contributed by atoms with Crippen molar-refractivity contribution in [1.82, 2.24) is 30.0 Å². The van der Waals surface area contributed by atoms with Crippen LogP contribution in [0.5, 0.6) is 6.01 Å². The van der Waals surface area contributed by atoms with Crippen molar-refractivity contribution < 1.29 is 22.7 Å². The second-order valence-corrected chi connectivity index (χ2v) is 10.1. The van der Waals surface area contributed by atoms with Crippen molar-refractivity contribution in [2.45, 2.75) is 51.9 Å². The molecule has 0 unspecified atom stereocenters. The standard InChI is InChI=1S/C21H27F3N8O2S2/c1-2-4-13-11-14-17(31-7-8-32-15(12-31)29-30-19(32)21(22,23)24)27-20(28-18(14)36-13)34-9-6-26-16(33)5-3-10-35-25/h11H,2-10,12,25H2,1H3,(H,26,33). The molecule has 10 nitrogen and oxygen atoms in total. The van der Waals surface area contributed by atoms with Gasteiger partial charge in [0, 0.05) is 30.1 Å². The van der Waals surface area contributed by atoms with Crippen molar-refractivity contribution in [3.8, 4) is 6.01 Å². The lowest BCUT2D eigenvalue weighted by molar-refractivity contribution is -0.147. The summed E-state index contributed by atoms with van der Waals surface area (Å²) in [4.78, 5) is 24.7. The van der Waals surface area contributed by atoms with Gasteiger partial charge < -0.3 is 19.5 Å². The summed E-state index contributed by atoms with van der Waals surface area (Å²) < 4.78 is 46.6. The quantitative estimate of drug-likeness (QED) is 0.277. The zero-order chi connectivity index (χ0) is 25.7. The highest BCUT2D eigenvalue weighted by Crippen LogP contribution is 2.35. The van der Waals surface area contributed by atoms with Crippen molar-refractivity contribution in [2.24, 2.45) is 5.14 Å². The summed E-state index contributed by atoms with van der Waals surface area (Å²) in [5.41, 5.74) is 0. The molecule has 0 aliphatic carbocycles. The molecule has 1 aliphatic rings. The average molecular weight is 545 g/mol. The van der Waals surface area contributed by atoms with Gasteiger partial charge in [0.1, 0.15) is 17.3 Å². The molecule has 0 fully saturated rings. The monoisotopic (exact) mass is 544 g/mol. The SMILES string of the molecule is CCCc1cc2c(N3CCn4c(nnc4C(F)(F)F)C3)nc(OCCNC(=O)CCCSN)nc2s1. The van der Waals surface area contributed by atoms with E-state index in [0.29, 0.717) is 37.5 Å². The smallest absolute Gasteiger partial charge is 0.451 e. The van der Waals surface area contributed by atoms with Gasteiger partial charge in [-0.3, -0.25) is 9.93 Å². The number of aromatic nitrogens is 5. The molecule has 196 valence electrons. The molecule has 0 spiro atoms. The number of hydrogen-bond donors (Lipinski definition) is 2. The van der Waals surface area contributed by atoms with E-state index in [9.17, 15) is 18.0 Å². The number of anilines is 1. The Hall–Kier alpha value is -2.65. The van der Waals surface area contributed by atoms with E-state index in [2.05, 4.69) is 32.4 Å². The molecule has 15 heteroatoms. The minimum Gasteiger partial charge on any atom is -0.462 e. The van der Waals surface area contributed by atoms with E-state index in [1.165, 1.54) is 11.9 Å². The van der Waals surface area contributed by atoms with Crippen LogP contribution in [0, 0.1) is 0 Å². The minimum absolute atomic E-state index is 0.0807. The summed E-state index contributed by atoms with van der Waals surface area (Å²) in [5.74, 6) is 0.454. The first-order valence-corrected chi connectivity index (χ1v) is 13.4. The molecule has 1 aliphatic heterocycles. The summed E-state index contributed by atoms with van der Waals surface area (Å²) in [6.07, 6.45) is -1.62. The number of fused-ring (bicyclic) bond motifs is 2. The third-order valence-electron chi connectivity index (χ3n) is 5.53. The molecule has 3 aromatic rings. The van der Waals surface area contributed by atoms with Crippen LogP contribution in [0.3, 0.4) is 0 Å². The number of ether oxygens (including phenoxy) is 1. The zero-order valence-electron chi connectivity index (χ0n) is 19.7. The number of aryl methyl sites for hydroxylation is 1. The summed E-state index contributed by atoms with van der Waals surface area (Å²) in [5, 5.41) is 16.1. The molecule has 4 rings (SSSR count). The molecule has 0 saturated carbocycles. The first-order valence-electron chi connectivity index (χ1n) is 11.6. The predicted molar refractivity (Wildman–Crippen MR) is 132 cm³/mol. The molecule has 0 atom stereocenters. The van der Waals surface area contributed by atoms with Crippen LogP contribution in [0.2, 0.25) is 0 Å². The maximum atomic E-state index is 13.2. The van der Waals surface area contributed by atoms with Crippen LogP contribution in [0.4, 0.5) is 19.0 Å². The summed E-state index contributed by atoms with van der Waals surface area (Å²) in [6.45, 7) is 3.08. The highest BCUT2D eigenvalue weighted by molar-refractivity contribution is 7.97. The van der Waals surface area contributed by atoms with Crippen molar-refractivity contribution in [3.05, 3.63) is 22.6 Å². The first-order chi connectivity index (χ1) is 17.3. The van der Waals surface area contributed by atoms with Crippen LogP contribution in [-0.2, 0) is 30.5 Å². The van der Waals surface area contributed by atoms with E-state index >= 15 is 0 Å². The Kier molecular flexibility index (Phi) is 8.51. The highest BCUT2D eigenvalue weighted by Gasteiger charge is 2.39. The van der Waals surface area contributed by atoms with E-state index in [1.807, 2.05) is 11.0 Å². The summed E-state index contributed by atoms with van der Waals surface area (Å²) in [7, 11) is 0. The minimum atomic E-state index is -4.56. The van der Waals surface area contributed by atoms with Gasteiger partial charge in [-0.2, -0.15) is 23.1 Å². The van der Waals surface area contributed by atoms with Crippen LogP contribution in [0.25, 0.3) is 10.2 Å². The number of rotatable bonds is 11. The third kappa shape index (κ3) is 6.18. The molecule has 3 N–H and O–H groups in total. The number of nitrogens with two attached hydrogens (primary N) is 1. The van der Waals surface area contributed by atoms with Gasteiger partial charge >= 0.3 is 12.2 Å². The molecule has 36 heavy (non-hydrogen) atoms. The number of amides is 1. The predicted octanol–water partition coefficient (Wildman–Crippen LogP) is 3.16. The molecule has 0 saturated heterocycles. The van der Waals surface area contributed by atoms with E-state index in [1.54, 1.807) is 11.3 Å². The number of nitrogens with one attached hydrogen (secondary N) is 1. The Morgan fingerprint density at radius 3 is 2.89 bits per heavy atom. The molecular weight excluding hydrogens is 517 g/mol. The number of alkyl halides is 3. The number of nitrogens with zero attached hydrogens (tertiary/aromatic N) is 6. The van der Waals surface area contributed by atoms with Crippen molar-refractivity contribution in [1.29, 1.82) is 0 Å². The molecular formula is C21H27F3N8O2S2. The largest absolute Gasteiger partial charge is 0.462 e. The topological polar surface area (TPSA) is 124 Å². The second-order valence-electron chi connectivity index (χ2n) is 8.19. The molecule has 3 aromatic heterocycles. The van der Waals surface area contributed by atoms with Crippen LogP contribution >= 0.6 is 23.3 Å². The molecule has 0 radical (unpaired) electrons. The lowest BCUT2D eigenvalue weighted by Gasteiger charge is -2.29. The van der Waals surface area contributed by atoms with Crippen LogP contribution in [-0.4, -0.2) is 56.1 Å². The lowest BCUT2D eigenvalue weighted by Crippen LogP contribution is -2.36. The maximum absolute atomic E-state index is 13.2. The Morgan fingerprint density at radius 2 is 2.14 bits per heavy atom. The number of halogens is 3. The van der Waals surface area contributed by atoms with Gasteiger partial charge in [-0.1, -0.05) is 25.3 Å². The van der Waals surface area contributed by atoms with Gasteiger partial charge in [0.25, 0.3) is 0 Å². The fraction of sp³-hybridized carbons (Fsp3) is 0.571. The van der Waals surface area contributed by atoms with E-state index in [4.69, 9.17) is 9.88 Å². The Balaban J connectivity index is 1.51. The van der Waals surface area contributed by atoms with Gasteiger partial charge in [0.05, 0.1) is 18.5 Å². The van der Waals surface area contributed by atoms with Gasteiger partial charge in [-0.25, -0.2) is 0 Å². The third-order valence-corrected chi connectivity index (χ3v) is 7.14. The lowest BCUT2D eigenvalue weighted by atomic mass is 10.2. The Bertz CT molecular complexity index is 1200. The first kappa shape index (κ1) is 26.4. The van der Waals surface area contributed by atoms with E-state index in [-0.39, 0.29) is 37.4 Å². The fourth-order valence-electron chi connectivity index (χ4n) is 3.90. The van der Waals surface area contributed by atoms with Crippen LogP contribution in [0.15, 0.2) is 6.07 Å². The summed E-state index contributed by atoms with van der Waals surface area (Å²) in [6, 6.07) is 2.18. The van der Waals surface area contributed by atoms with Crippen LogP contribution < -0.4 is 20.1 Å². The van der Waals surface area contributed by atoms with Crippen molar-refractivity contribution in [2.75, 3.05) is 30.3 Å². The van der Waals surface area contributed by atoms with Gasteiger partial charge in [0.15, 0.2) is 5.82 Å². The summed E-state index contributed by atoms with van der Waals surface area (Å²) >= 11 is 2.74. The van der Waals surface area contributed by atoms with E-state index in [0.717, 1.165) is 32.5 Å². The fourth-order valence-corrected chi connectivity index (χ4v) is 5.32. The van der Waals surface area contributed by atoms with Crippen molar-refractivity contribution in [3.63, 3.8) is 0 Å². The van der Waals surface area contributed by atoms with Gasteiger partial charge in [-0.05, 0) is 18.9 Å². The number of carbonyl (C=O) groups is 1.